The summed E-state index contributed by atoms with van der Waals surface area (Å²) in [4.78, 5) is 3.93. The van der Waals surface area contributed by atoms with Crippen LogP contribution >= 0.6 is 0 Å². The maximum atomic E-state index is 11.9. The van der Waals surface area contributed by atoms with Gasteiger partial charge in [-0.25, -0.2) is 4.98 Å². The Labute approximate surface area is 109 Å². The van der Waals surface area contributed by atoms with Crippen molar-refractivity contribution >= 4 is 16.0 Å². The van der Waals surface area contributed by atoms with E-state index in [1.807, 2.05) is 6.92 Å². The molecule has 1 heterocycles. The van der Waals surface area contributed by atoms with Crippen LogP contribution in [-0.4, -0.2) is 44.4 Å². The highest BCUT2D eigenvalue weighted by Crippen LogP contribution is 2.06. The van der Waals surface area contributed by atoms with E-state index in [-0.39, 0.29) is 0 Å². The minimum Gasteiger partial charge on any atom is -0.317 e. The maximum Gasteiger partial charge on any atom is 0.302 e. The van der Waals surface area contributed by atoms with Crippen LogP contribution in [0.15, 0.2) is 24.4 Å². The number of nitrogens with one attached hydrogen (secondary N) is 2. The van der Waals surface area contributed by atoms with Crippen molar-refractivity contribution in [3.05, 3.63) is 24.4 Å². The highest BCUT2D eigenvalue weighted by Gasteiger charge is 2.17. The Morgan fingerprint density at radius 3 is 2.78 bits per heavy atom. The summed E-state index contributed by atoms with van der Waals surface area (Å²) in [6.07, 6.45) is 2.32. The number of nitrogens with zero attached hydrogens (tertiary/aromatic N) is 2. The van der Waals surface area contributed by atoms with Gasteiger partial charge in [-0.05, 0) is 31.6 Å². The van der Waals surface area contributed by atoms with E-state index in [2.05, 4.69) is 15.0 Å². The van der Waals surface area contributed by atoms with Crippen molar-refractivity contribution in [2.24, 2.45) is 0 Å². The van der Waals surface area contributed by atoms with Crippen molar-refractivity contribution < 1.29 is 8.42 Å². The zero-order valence-electron chi connectivity index (χ0n) is 10.8. The molecule has 0 saturated carbocycles. The number of hydrogen-bond donors (Lipinski definition) is 2. The molecule has 2 N–H and O–H groups in total. The first-order chi connectivity index (χ1) is 8.56. The molecular formula is C11H20N4O2S. The molecule has 0 saturated heterocycles. The molecule has 0 radical (unpaired) electrons. The number of rotatable bonds is 8. The van der Waals surface area contributed by atoms with Gasteiger partial charge in [0, 0.05) is 19.8 Å². The van der Waals surface area contributed by atoms with Crippen molar-refractivity contribution in [3.63, 3.8) is 0 Å². The second kappa shape index (κ2) is 7.30. The smallest absolute Gasteiger partial charge is 0.302 e. The lowest BCUT2D eigenvalue weighted by Crippen LogP contribution is -2.34. The number of hydrogen-bond acceptors (Lipinski definition) is 4. The Bertz CT molecular complexity index is 436. The Balaban J connectivity index is 2.47. The van der Waals surface area contributed by atoms with Crippen molar-refractivity contribution in [1.29, 1.82) is 0 Å². The second-order valence-corrected chi connectivity index (χ2v) is 5.63. The van der Waals surface area contributed by atoms with Gasteiger partial charge in [-0.15, -0.1) is 0 Å². The third-order valence-electron chi connectivity index (χ3n) is 2.39. The molecule has 7 heteroatoms. The van der Waals surface area contributed by atoms with Gasteiger partial charge in [0.1, 0.15) is 5.82 Å². The van der Waals surface area contributed by atoms with Crippen molar-refractivity contribution in [3.8, 4) is 0 Å². The Morgan fingerprint density at radius 2 is 2.17 bits per heavy atom. The molecule has 1 aromatic rings. The van der Waals surface area contributed by atoms with Gasteiger partial charge >= 0.3 is 10.2 Å². The molecule has 0 spiro atoms. The Hall–Kier alpha value is -1.18. The van der Waals surface area contributed by atoms with E-state index in [0.29, 0.717) is 12.4 Å². The normalized spacial score (nSPS) is 11.7. The first kappa shape index (κ1) is 14.9. The standard InChI is InChI=1S/C11H20N4O2S/c1-3-12-8-6-10-15(2)18(16,17)14-11-7-4-5-9-13-11/h4-5,7,9,12H,3,6,8,10H2,1-2H3,(H,13,14). The molecule has 1 aromatic heterocycles. The lowest BCUT2D eigenvalue weighted by molar-refractivity contribution is 0.459. The van der Waals surface area contributed by atoms with Crippen molar-refractivity contribution in [2.75, 3.05) is 31.4 Å². The first-order valence-corrected chi connectivity index (χ1v) is 7.36. The van der Waals surface area contributed by atoms with Gasteiger partial charge < -0.3 is 5.32 Å². The summed E-state index contributed by atoms with van der Waals surface area (Å²) < 4.78 is 27.6. The molecule has 0 aromatic carbocycles. The average Bonchev–Trinajstić information content (AvgIpc) is 2.35. The quantitative estimate of drug-likeness (QED) is 0.682. The number of aromatic nitrogens is 1. The summed E-state index contributed by atoms with van der Waals surface area (Å²) in [7, 11) is -1.95. The van der Waals surface area contributed by atoms with Crippen LogP contribution in [-0.2, 0) is 10.2 Å². The fourth-order valence-corrected chi connectivity index (χ4v) is 2.27. The van der Waals surface area contributed by atoms with E-state index in [4.69, 9.17) is 0 Å². The van der Waals surface area contributed by atoms with E-state index in [1.165, 1.54) is 4.31 Å². The van der Waals surface area contributed by atoms with Crippen LogP contribution in [0.25, 0.3) is 0 Å². The Morgan fingerprint density at radius 1 is 1.39 bits per heavy atom. The molecule has 6 nitrogen and oxygen atoms in total. The lowest BCUT2D eigenvalue weighted by atomic mass is 10.4. The van der Waals surface area contributed by atoms with Crippen LogP contribution in [0.4, 0.5) is 5.82 Å². The molecule has 0 aliphatic carbocycles. The predicted octanol–water partition coefficient (Wildman–Crippen LogP) is 0.670. The highest BCUT2D eigenvalue weighted by atomic mass is 32.2. The van der Waals surface area contributed by atoms with E-state index >= 15 is 0 Å². The van der Waals surface area contributed by atoms with Crippen LogP contribution in [0.1, 0.15) is 13.3 Å². The van der Waals surface area contributed by atoms with E-state index < -0.39 is 10.2 Å². The molecule has 0 bridgehead atoms. The first-order valence-electron chi connectivity index (χ1n) is 5.92. The van der Waals surface area contributed by atoms with Gasteiger partial charge in [0.2, 0.25) is 0 Å². The molecule has 102 valence electrons. The summed E-state index contributed by atoms with van der Waals surface area (Å²) in [5.74, 6) is 0.330. The second-order valence-electron chi connectivity index (χ2n) is 3.85. The summed E-state index contributed by atoms with van der Waals surface area (Å²) in [6.45, 7) is 4.18. The van der Waals surface area contributed by atoms with Crippen molar-refractivity contribution in [1.82, 2.24) is 14.6 Å². The minimum atomic E-state index is -3.51. The fourth-order valence-electron chi connectivity index (χ4n) is 1.36. The molecular weight excluding hydrogens is 252 g/mol. The molecule has 0 atom stereocenters. The fraction of sp³-hybridized carbons (Fsp3) is 0.545. The zero-order chi connectivity index (χ0) is 13.4. The maximum absolute atomic E-state index is 11.9. The van der Waals surface area contributed by atoms with Gasteiger partial charge in [-0.2, -0.15) is 12.7 Å². The Kier molecular flexibility index (Phi) is 6.03. The lowest BCUT2D eigenvalue weighted by Gasteiger charge is -2.17. The van der Waals surface area contributed by atoms with Gasteiger partial charge in [-0.3, -0.25) is 4.72 Å². The highest BCUT2D eigenvalue weighted by molar-refractivity contribution is 7.90. The van der Waals surface area contributed by atoms with Gasteiger partial charge in [0.25, 0.3) is 0 Å². The van der Waals surface area contributed by atoms with Crippen molar-refractivity contribution in [2.45, 2.75) is 13.3 Å². The van der Waals surface area contributed by atoms with Crippen LogP contribution in [0.3, 0.4) is 0 Å². The average molecular weight is 272 g/mol. The van der Waals surface area contributed by atoms with Crippen LogP contribution < -0.4 is 10.0 Å². The summed E-state index contributed by atoms with van der Waals surface area (Å²) in [6, 6.07) is 5.08. The zero-order valence-corrected chi connectivity index (χ0v) is 11.6. The van der Waals surface area contributed by atoms with Crippen LogP contribution in [0.5, 0.6) is 0 Å². The number of pyridine rings is 1. The molecule has 0 aliphatic heterocycles. The number of anilines is 1. The largest absolute Gasteiger partial charge is 0.317 e. The molecule has 1 rings (SSSR count). The monoisotopic (exact) mass is 272 g/mol. The SMILES string of the molecule is CCNCCCN(C)S(=O)(=O)Nc1ccccn1. The van der Waals surface area contributed by atoms with E-state index in [9.17, 15) is 8.42 Å². The molecule has 0 aliphatic rings. The molecule has 18 heavy (non-hydrogen) atoms. The predicted molar refractivity (Wildman–Crippen MR) is 72.6 cm³/mol. The van der Waals surface area contributed by atoms with E-state index in [1.54, 1.807) is 31.4 Å². The summed E-state index contributed by atoms with van der Waals surface area (Å²) in [5, 5.41) is 3.15. The topological polar surface area (TPSA) is 74.3 Å². The summed E-state index contributed by atoms with van der Waals surface area (Å²) in [5.41, 5.74) is 0. The van der Waals surface area contributed by atoms with E-state index in [0.717, 1.165) is 19.5 Å². The van der Waals surface area contributed by atoms with Gasteiger partial charge in [0.15, 0.2) is 0 Å². The molecule has 0 fully saturated rings. The van der Waals surface area contributed by atoms with Gasteiger partial charge in [0.05, 0.1) is 0 Å². The van der Waals surface area contributed by atoms with Gasteiger partial charge in [-0.1, -0.05) is 13.0 Å². The third kappa shape index (κ3) is 4.99. The van der Waals surface area contributed by atoms with Crippen LogP contribution in [0.2, 0.25) is 0 Å². The molecule has 0 unspecified atom stereocenters. The van der Waals surface area contributed by atoms with Crippen LogP contribution in [0, 0.1) is 0 Å². The minimum absolute atomic E-state index is 0.330. The summed E-state index contributed by atoms with van der Waals surface area (Å²) >= 11 is 0. The molecule has 0 amide bonds. The third-order valence-corrected chi connectivity index (χ3v) is 3.86.